The van der Waals surface area contributed by atoms with Crippen LogP contribution in [0.2, 0.25) is 0 Å². The van der Waals surface area contributed by atoms with Crippen LogP contribution in [-0.4, -0.2) is 33.0 Å². The smallest absolute Gasteiger partial charge is 0.251 e. The van der Waals surface area contributed by atoms with Crippen LogP contribution in [0.25, 0.3) is 0 Å². The van der Waals surface area contributed by atoms with Gasteiger partial charge in [-0.2, -0.15) is 0 Å². The Kier molecular flexibility index (Phi) is 5.66. The molecule has 0 saturated heterocycles. The molecule has 0 atom stereocenters. The van der Waals surface area contributed by atoms with Crippen LogP contribution in [0.5, 0.6) is 0 Å². The summed E-state index contributed by atoms with van der Waals surface area (Å²) in [5, 5.41) is 2.75. The molecule has 1 rings (SSSR count). The molecule has 0 fully saturated rings. The number of hydrogen-bond acceptors (Lipinski definition) is 3. The number of carbonyl (C=O) groups is 1. The lowest BCUT2D eigenvalue weighted by atomic mass is 10.1. The molecule has 0 aromatic heterocycles. The third-order valence-corrected chi connectivity index (χ3v) is 2.58. The van der Waals surface area contributed by atoms with E-state index in [1.54, 1.807) is 0 Å². The molecule has 0 aliphatic carbocycles. The quantitative estimate of drug-likeness (QED) is 0.764. The van der Waals surface area contributed by atoms with Crippen LogP contribution in [0.15, 0.2) is 24.3 Å². The minimum atomic E-state index is -0.408. The van der Waals surface area contributed by atoms with Crippen LogP contribution in [0.3, 0.4) is 0 Å². The van der Waals surface area contributed by atoms with Gasteiger partial charge in [0.2, 0.25) is 0 Å². The van der Waals surface area contributed by atoms with Crippen molar-refractivity contribution in [3.63, 3.8) is 0 Å². The zero-order valence-electron chi connectivity index (χ0n) is 10.5. The van der Waals surface area contributed by atoms with Gasteiger partial charge in [-0.15, -0.1) is 0 Å². The summed E-state index contributed by atoms with van der Waals surface area (Å²) in [5.74, 6) is -0.119. The first-order valence-electron chi connectivity index (χ1n) is 5.64. The van der Waals surface area contributed by atoms with Crippen molar-refractivity contribution >= 4 is 5.91 Å². The minimum Gasteiger partial charge on any atom is -0.354 e. The molecule has 0 aliphatic heterocycles. The highest BCUT2D eigenvalue weighted by Crippen LogP contribution is 2.05. The topological polar surface area (TPSA) is 47.6 Å². The largest absolute Gasteiger partial charge is 0.354 e. The van der Waals surface area contributed by atoms with Gasteiger partial charge < -0.3 is 14.8 Å². The van der Waals surface area contributed by atoms with E-state index in [4.69, 9.17) is 9.47 Å². The van der Waals surface area contributed by atoms with E-state index < -0.39 is 6.29 Å². The second-order valence-electron chi connectivity index (χ2n) is 3.66. The van der Waals surface area contributed by atoms with Gasteiger partial charge in [-0.1, -0.05) is 19.1 Å². The lowest BCUT2D eigenvalue weighted by Gasteiger charge is -2.14. The molecule has 0 unspecified atom stereocenters. The Bertz CT molecular complexity index is 344. The highest BCUT2D eigenvalue weighted by atomic mass is 16.7. The first-order chi connectivity index (χ1) is 8.21. The first kappa shape index (κ1) is 13.7. The predicted molar refractivity (Wildman–Crippen MR) is 66.0 cm³/mol. The van der Waals surface area contributed by atoms with Crippen LogP contribution >= 0.6 is 0 Å². The second kappa shape index (κ2) is 7.04. The van der Waals surface area contributed by atoms with Crippen molar-refractivity contribution in [1.29, 1.82) is 0 Å². The van der Waals surface area contributed by atoms with Crippen molar-refractivity contribution in [1.82, 2.24) is 5.32 Å². The van der Waals surface area contributed by atoms with Crippen LogP contribution < -0.4 is 5.32 Å². The number of benzene rings is 1. The Balaban J connectivity index is 2.51. The van der Waals surface area contributed by atoms with E-state index in [9.17, 15) is 4.79 Å². The molecule has 4 nitrogen and oxygen atoms in total. The lowest BCUT2D eigenvalue weighted by Crippen LogP contribution is -2.34. The molecule has 4 heteroatoms. The number of rotatable bonds is 6. The van der Waals surface area contributed by atoms with E-state index in [-0.39, 0.29) is 5.91 Å². The second-order valence-corrected chi connectivity index (χ2v) is 3.66. The van der Waals surface area contributed by atoms with Crippen molar-refractivity contribution in [2.24, 2.45) is 0 Å². The molecule has 1 N–H and O–H groups in total. The summed E-state index contributed by atoms with van der Waals surface area (Å²) in [4.78, 5) is 11.8. The predicted octanol–water partition coefficient (Wildman–Crippen LogP) is 1.60. The number of aryl methyl sites for hydroxylation is 1. The summed E-state index contributed by atoms with van der Waals surface area (Å²) in [5.41, 5.74) is 1.86. The Morgan fingerprint density at radius 2 is 1.82 bits per heavy atom. The van der Waals surface area contributed by atoms with E-state index in [2.05, 4.69) is 12.2 Å². The molecule has 1 amide bonds. The molecule has 0 bridgehead atoms. The molecule has 17 heavy (non-hydrogen) atoms. The van der Waals surface area contributed by atoms with E-state index in [1.165, 1.54) is 19.8 Å². The number of carbonyl (C=O) groups excluding carboxylic acids is 1. The van der Waals surface area contributed by atoms with Crippen molar-refractivity contribution in [3.05, 3.63) is 35.4 Å². The maximum absolute atomic E-state index is 11.8. The van der Waals surface area contributed by atoms with Gasteiger partial charge in [0.15, 0.2) is 6.29 Å². The van der Waals surface area contributed by atoms with Gasteiger partial charge in [0.25, 0.3) is 5.91 Å². The van der Waals surface area contributed by atoms with Crippen molar-refractivity contribution < 1.29 is 14.3 Å². The van der Waals surface area contributed by atoms with Crippen LogP contribution in [0.4, 0.5) is 0 Å². The van der Waals surface area contributed by atoms with Gasteiger partial charge >= 0.3 is 0 Å². The van der Waals surface area contributed by atoms with Gasteiger partial charge in [0, 0.05) is 19.8 Å². The normalized spacial score (nSPS) is 10.6. The average Bonchev–Trinajstić information content (AvgIpc) is 2.39. The van der Waals surface area contributed by atoms with Crippen LogP contribution in [0, 0.1) is 0 Å². The average molecular weight is 237 g/mol. The summed E-state index contributed by atoms with van der Waals surface area (Å²) in [6.07, 6.45) is 0.561. The molecule has 0 heterocycles. The Labute approximate surface area is 102 Å². The van der Waals surface area contributed by atoms with E-state index in [1.807, 2.05) is 24.3 Å². The van der Waals surface area contributed by atoms with Crippen molar-refractivity contribution in [3.8, 4) is 0 Å². The molecule has 0 radical (unpaired) electrons. The van der Waals surface area contributed by atoms with Gasteiger partial charge in [-0.05, 0) is 24.1 Å². The van der Waals surface area contributed by atoms with E-state index in [0.29, 0.717) is 12.1 Å². The zero-order valence-corrected chi connectivity index (χ0v) is 10.5. The molecule has 94 valence electrons. The fraction of sp³-hybridized carbons (Fsp3) is 0.462. The third kappa shape index (κ3) is 4.17. The summed E-state index contributed by atoms with van der Waals surface area (Å²) in [6.45, 7) is 2.41. The van der Waals surface area contributed by atoms with Gasteiger partial charge in [0.05, 0.1) is 6.54 Å². The fourth-order valence-electron chi connectivity index (χ4n) is 1.43. The third-order valence-electron chi connectivity index (χ3n) is 2.58. The van der Waals surface area contributed by atoms with Crippen LogP contribution in [-0.2, 0) is 15.9 Å². The van der Waals surface area contributed by atoms with Crippen LogP contribution in [0.1, 0.15) is 22.8 Å². The number of nitrogens with one attached hydrogen (secondary N) is 1. The summed E-state index contributed by atoms with van der Waals surface area (Å²) in [6, 6.07) is 7.56. The number of amides is 1. The van der Waals surface area contributed by atoms with Gasteiger partial charge in [0.1, 0.15) is 0 Å². The molecule has 1 aromatic rings. The Hall–Kier alpha value is -1.39. The highest BCUT2D eigenvalue weighted by molar-refractivity contribution is 5.94. The molecule has 1 aromatic carbocycles. The Morgan fingerprint density at radius 1 is 1.24 bits per heavy atom. The minimum absolute atomic E-state index is 0.119. The van der Waals surface area contributed by atoms with E-state index >= 15 is 0 Å². The number of methoxy groups -OCH3 is 2. The molecule has 0 spiro atoms. The molecular weight excluding hydrogens is 218 g/mol. The molecule has 0 aliphatic rings. The monoisotopic (exact) mass is 237 g/mol. The fourth-order valence-corrected chi connectivity index (χ4v) is 1.43. The van der Waals surface area contributed by atoms with Gasteiger partial charge in [-0.25, -0.2) is 0 Å². The van der Waals surface area contributed by atoms with Gasteiger partial charge in [-0.3, -0.25) is 4.79 Å². The standard InChI is InChI=1S/C13H19NO3/c1-4-10-5-7-11(8-6-10)13(15)14-9-12(16-2)17-3/h5-8,12H,4,9H2,1-3H3,(H,14,15). The molecular formula is C13H19NO3. The molecule has 0 saturated carbocycles. The summed E-state index contributed by atoms with van der Waals surface area (Å²) < 4.78 is 9.97. The maximum atomic E-state index is 11.8. The summed E-state index contributed by atoms with van der Waals surface area (Å²) in [7, 11) is 3.08. The SMILES string of the molecule is CCc1ccc(C(=O)NCC(OC)OC)cc1. The van der Waals surface area contributed by atoms with E-state index in [0.717, 1.165) is 6.42 Å². The first-order valence-corrected chi connectivity index (χ1v) is 5.64. The number of hydrogen-bond donors (Lipinski definition) is 1. The number of ether oxygens (including phenoxy) is 2. The van der Waals surface area contributed by atoms with Crippen molar-refractivity contribution in [2.45, 2.75) is 19.6 Å². The summed E-state index contributed by atoms with van der Waals surface area (Å²) >= 11 is 0. The van der Waals surface area contributed by atoms with Crippen molar-refractivity contribution in [2.75, 3.05) is 20.8 Å². The lowest BCUT2D eigenvalue weighted by molar-refractivity contribution is -0.0974. The zero-order chi connectivity index (χ0) is 12.7. The Morgan fingerprint density at radius 3 is 2.29 bits per heavy atom. The highest BCUT2D eigenvalue weighted by Gasteiger charge is 2.09. The maximum Gasteiger partial charge on any atom is 0.251 e.